The average Bonchev–Trinajstić information content (AvgIpc) is 2.17. The van der Waals surface area contributed by atoms with E-state index in [1.165, 1.54) is 0 Å². The van der Waals surface area contributed by atoms with Crippen LogP contribution in [0.5, 0.6) is 0 Å². The van der Waals surface area contributed by atoms with E-state index in [0.29, 0.717) is 0 Å². The minimum absolute atomic E-state index is 0.855. The Morgan fingerprint density at radius 2 is 2.00 bits per heavy atom. The van der Waals surface area contributed by atoms with Crippen LogP contribution >= 0.6 is 11.9 Å². The lowest BCUT2D eigenvalue weighted by molar-refractivity contribution is 1.55. The lowest BCUT2D eigenvalue weighted by atomic mass is 10.2. The summed E-state index contributed by atoms with van der Waals surface area (Å²) >= 11 is 1.54. The monoisotopic (exact) mass is 188 g/mol. The molecule has 0 aliphatic rings. The molecular formula is C10H8N2S. The molecule has 0 amide bonds. The fraction of sp³-hybridized carbons (Fsp3) is 0.100. The fourth-order valence-electron chi connectivity index (χ4n) is 0.840. The maximum Gasteiger partial charge on any atom is 0.152 e. The van der Waals surface area contributed by atoms with Crippen molar-refractivity contribution in [2.24, 2.45) is 0 Å². The molecule has 0 aliphatic heterocycles. The van der Waals surface area contributed by atoms with E-state index in [2.05, 4.69) is 16.6 Å². The Bertz CT molecular complexity index is 365. The van der Waals surface area contributed by atoms with E-state index in [1.807, 2.05) is 30.5 Å². The quantitative estimate of drug-likeness (QED) is 0.571. The molecule has 0 bridgehead atoms. The lowest BCUT2D eigenvalue weighted by Crippen LogP contribution is -1.83. The number of anilines is 1. The second kappa shape index (κ2) is 5.13. The average molecular weight is 188 g/mol. The topological polar surface area (TPSA) is 35.8 Å². The molecule has 1 aromatic rings. The molecule has 0 saturated heterocycles. The molecule has 1 aromatic carbocycles. The first-order chi connectivity index (χ1) is 6.36. The number of hydrogen-bond donors (Lipinski definition) is 1. The van der Waals surface area contributed by atoms with Crippen LogP contribution < -0.4 is 4.72 Å². The van der Waals surface area contributed by atoms with Gasteiger partial charge in [0.05, 0.1) is 0 Å². The smallest absolute Gasteiger partial charge is 0.152 e. The van der Waals surface area contributed by atoms with Gasteiger partial charge in [0, 0.05) is 23.4 Å². The molecule has 0 heterocycles. The molecule has 0 fully saturated rings. The summed E-state index contributed by atoms with van der Waals surface area (Å²) in [5.41, 5.74) is 1.89. The van der Waals surface area contributed by atoms with E-state index in [9.17, 15) is 0 Å². The number of rotatable bonds is 2. The largest absolute Gasteiger partial charge is 0.330 e. The summed E-state index contributed by atoms with van der Waals surface area (Å²) in [5, 5.41) is 8.23. The molecule has 3 heteroatoms. The van der Waals surface area contributed by atoms with Gasteiger partial charge in [-0.15, -0.1) is 0 Å². The molecule has 0 radical (unpaired) electrons. The van der Waals surface area contributed by atoms with E-state index >= 15 is 0 Å². The van der Waals surface area contributed by atoms with Gasteiger partial charge in [-0.3, -0.25) is 0 Å². The lowest BCUT2D eigenvalue weighted by Gasteiger charge is -2.00. The summed E-state index contributed by atoms with van der Waals surface area (Å²) in [6, 6.07) is 9.39. The standard InChI is InChI=1S/C10H8N2S/c1-13-12-10-6-4-9(5-7-10)3-2-8-11/h4-7,12H,1H3. The van der Waals surface area contributed by atoms with Gasteiger partial charge in [-0.1, -0.05) is 17.9 Å². The SMILES string of the molecule is CSNc1ccc(C#CC#N)cc1. The highest BCUT2D eigenvalue weighted by Crippen LogP contribution is 2.11. The number of benzene rings is 1. The van der Waals surface area contributed by atoms with Crippen molar-refractivity contribution >= 4 is 17.6 Å². The van der Waals surface area contributed by atoms with Crippen LogP contribution in [0.4, 0.5) is 5.69 Å². The predicted molar refractivity (Wildman–Crippen MR) is 56.1 cm³/mol. The summed E-state index contributed by atoms with van der Waals surface area (Å²) in [5.74, 6) is 5.06. The van der Waals surface area contributed by atoms with E-state index < -0.39 is 0 Å². The summed E-state index contributed by atoms with van der Waals surface area (Å²) in [6.07, 6.45) is 1.96. The van der Waals surface area contributed by atoms with Crippen LogP contribution in [0, 0.1) is 23.2 Å². The Hall–Kier alpha value is -1.58. The van der Waals surface area contributed by atoms with E-state index in [0.717, 1.165) is 11.3 Å². The third-order valence-corrected chi connectivity index (χ3v) is 1.81. The summed E-state index contributed by atoms with van der Waals surface area (Å²) in [6.45, 7) is 0. The first-order valence-corrected chi connectivity index (χ1v) is 4.88. The van der Waals surface area contributed by atoms with Crippen LogP contribution in [0.1, 0.15) is 5.56 Å². The number of nitrogens with one attached hydrogen (secondary N) is 1. The number of nitrogens with zero attached hydrogens (tertiary/aromatic N) is 1. The zero-order valence-corrected chi connectivity index (χ0v) is 7.98. The van der Waals surface area contributed by atoms with Crippen LogP contribution in [-0.2, 0) is 0 Å². The van der Waals surface area contributed by atoms with E-state index in [1.54, 1.807) is 18.0 Å². The molecule has 0 unspecified atom stereocenters. The fourth-order valence-corrected chi connectivity index (χ4v) is 1.21. The van der Waals surface area contributed by atoms with Crippen molar-refractivity contribution in [1.82, 2.24) is 0 Å². The van der Waals surface area contributed by atoms with Gasteiger partial charge in [-0.25, -0.2) is 0 Å². The van der Waals surface area contributed by atoms with Gasteiger partial charge in [-0.2, -0.15) is 5.26 Å². The van der Waals surface area contributed by atoms with Gasteiger partial charge in [0.15, 0.2) is 6.07 Å². The van der Waals surface area contributed by atoms with E-state index in [-0.39, 0.29) is 0 Å². The van der Waals surface area contributed by atoms with Crippen LogP contribution in [0.2, 0.25) is 0 Å². The summed E-state index contributed by atoms with van der Waals surface area (Å²) < 4.78 is 3.09. The maximum atomic E-state index is 8.23. The van der Waals surface area contributed by atoms with Crippen molar-refractivity contribution in [3.63, 3.8) is 0 Å². The van der Waals surface area contributed by atoms with Gasteiger partial charge >= 0.3 is 0 Å². The Morgan fingerprint density at radius 3 is 2.54 bits per heavy atom. The Balaban J connectivity index is 2.76. The van der Waals surface area contributed by atoms with Gasteiger partial charge in [0.2, 0.25) is 0 Å². The molecule has 1 N–H and O–H groups in total. The zero-order valence-electron chi connectivity index (χ0n) is 7.16. The van der Waals surface area contributed by atoms with Crippen molar-refractivity contribution in [3.8, 4) is 17.9 Å². The van der Waals surface area contributed by atoms with Gasteiger partial charge < -0.3 is 4.72 Å². The molecule has 1 rings (SSSR count). The first-order valence-electron chi connectivity index (χ1n) is 3.66. The third-order valence-electron chi connectivity index (χ3n) is 1.37. The highest BCUT2D eigenvalue weighted by Gasteiger charge is 1.89. The van der Waals surface area contributed by atoms with Crippen molar-refractivity contribution in [2.75, 3.05) is 11.0 Å². The number of nitriles is 1. The second-order valence-electron chi connectivity index (χ2n) is 2.25. The highest BCUT2D eigenvalue weighted by molar-refractivity contribution is 7.99. The minimum Gasteiger partial charge on any atom is -0.330 e. The minimum atomic E-state index is 0.855. The molecule has 0 aromatic heterocycles. The predicted octanol–water partition coefficient (Wildman–Crippen LogP) is 2.25. The Morgan fingerprint density at radius 1 is 1.31 bits per heavy atom. The molecule has 13 heavy (non-hydrogen) atoms. The Labute approximate surface area is 82.1 Å². The molecule has 0 atom stereocenters. The van der Waals surface area contributed by atoms with Crippen LogP contribution in [0.25, 0.3) is 0 Å². The maximum absolute atomic E-state index is 8.23. The number of hydrogen-bond acceptors (Lipinski definition) is 3. The highest BCUT2D eigenvalue weighted by atomic mass is 32.2. The van der Waals surface area contributed by atoms with Crippen molar-refractivity contribution < 1.29 is 0 Å². The second-order valence-corrected chi connectivity index (χ2v) is 2.86. The first kappa shape index (κ1) is 9.51. The van der Waals surface area contributed by atoms with E-state index in [4.69, 9.17) is 5.26 Å². The van der Waals surface area contributed by atoms with Crippen molar-refractivity contribution in [3.05, 3.63) is 29.8 Å². The molecular weight excluding hydrogens is 180 g/mol. The molecule has 0 aliphatic carbocycles. The third kappa shape index (κ3) is 3.11. The van der Waals surface area contributed by atoms with Crippen molar-refractivity contribution in [1.29, 1.82) is 5.26 Å². The molecule has 2 nitrogen and oxygen atoms in total. The zero-order chi connectivity index (χ0) is 9.52. The van der Waals surface area contributed by atoms with Gasteiger partial charge in [0.1, 0.15) is 0 Å². The van der Waals surface area contributed by atoms with Crippen LogP contribution in [0.15, 0.2) is 24.3 Å². The molecule has 64 valence electrons. The normalized spacial score (nSPS) is 8.00. The van der Waals surface area contributed by atoms with Gasteiger partial charge in [0.25, 0.3) is 0 Å². The van der Waals surface area contributed by atoms with Crippen LogP contribution in [0.3, 0.4) is 0 Å². The molecule has 0 saturated carbocycles. The summed E-state index contributed by atoms with van der Waals surface area (Å²) in [4.78, 5) is 0. The van der Waals surface area contributed by atoms with Crippen molar-refractivity contribution in [2.45, 2.75) is 0 Å². The van der Waals surface area contributed by atoms with Gasteiger partial charge in [-0.05, 0) is 24.3 Å². The van der Waals surface area contributed by atoms with Crippen LogP contribution in [-0.4, -0.2) is 6.26 Å². The Kier molecular flexibility index (Phi) is 3.75. The molecule has 0 spiro atoms. The summed E-state index contributed by atoms with van der Waals surface area (Å²) in [7, 11) is 0.